The zero-order valence-corrected chi connectivity index (χ0v) is 10.6. The highest BCUT2D eigenvalue weighted by atomic mass is 16.6. The fourth-order valence-electron chi connectivity index (χ4n) is 1.51. The smallest absolute Gasteiger partial charge is 0.311 e. The predicted molar refractivity (Wildman–Crippen MR) is 66.3 cm³/mol. The standard InChI is InChI=1S/C12H15N3O3/c1-8-4-9(2)11(10(5-8)15(16)17)18-7-12(3,14)6-13/h4-5H,7,14H2,1-3H3. The number of nitro groups is 1. The normalized spacial score (nSPS) is 13.5. The Kier molecular flexibility index (Phi) is 3.89. The Hall–Kier alpha value is -2.13. The van der Waals surface area contributed by atoms with Crippen molar-refractivity contribution in [1.82, 2.24) is 0 Å². The van der Waals surface area contributed by atoms with Crippen LogP contribution in [-0.4, -0.2) is 17.1 Å². The summed E-state index contributed by atoms with van der Waals surface area (Å²) in [5.74, 6) is 0.164. The van der Waals surface area contributed by atoms with Crippen molar-refractivity contribution in [3.8, 4) is 11.8 Å². The number of hydrogen-bond acceptors (Lipinski definition) is 5. The van der Waals surface area contributed by atoms with Crippen LogP contribution >= 0.6 is 0 Å². The molecule has 1 atom stereocenters. The highest BCUT2D eigenvalue weighted by molar-refractivity contribution is 5.53. The van der Waals surface area contributed by atoms with Gasteiger partial charge in [-0.25, -0.2) is 0 Å². The van der Waals surface area contributed by atoms with E-state index in [1.165, 1.54) is 13.0 Å². The van der Waals surface area contributed by atoms with Crippen molar-refractivity contribution in [3.05, 3.63) is 33.4 Å². The Morgan fingerprint density at radius 1 is 1.56 bits per heavy atom. The third-order valence-corrected chi connectivity index (χ3v) is 2.37. The van der Waals surface area contributed by atoms with Crippen LogP contribution in [0.1, 0.15) is 18.1 Å². The quantitative estimate of drug-likeness (QED) is 0.647. The molecule has 0 spiro atoms. The molecule has 0 heterocycles. The topological polar surface area (TPSA) is 102 Å². The average Bonchev–Trinajstić information content (AvgIpc) is 2.26. The van der Waals surface area contributed by atoms with Gasteiger partial charge in [-0.3, -0.25) is 10.1 Å². The molecule has 0 saturated heterocycles. The van der Waals surface area contributed by atoms with E-state index in [-0.39, 0.29) is 18.0 Å². The zero-order chi connectivity index (χ0) is 13.9. The van der Waals surface area contributed by atoms with E-state index in [0.29, 0.717) is 5.56 Å². The van der Waals surface area contributed by atoms with E-state index in [2.05, 4.69) is 0 Å². The summed E-state index contributed by atoms with van der Waals surface area (Å²) in [4.78, 5) is 10.4. The monoisotopic (exact) mass is 249 g/mol. The van der Waals surface area contributed by atoms with Crippen LogP contribution < -0.4 is 10.5 Å². The Labute approximate surface area is 105 Å². The lowest BCUT2D eigenvalue weighted by atomic mass is 10.1. The van der Waals surface area contributed by atoms with E-state index in [9.17, 15) is 10.1 Å². The van der Waals surface area contributed by atoms with E-state index in [4.69, 9.17) is 15.7 Å². The highest BCUT2D eigenvalue weighted by Crippen LogP contribution is 2.32. The Morgan fingerprint density at radius 2 is 2.17 bits per heavy atom. The van der Waals surface area contributed by atoms with Crippen LogP contribution in [0.2, 0.25) is 0 Å². The third kappa shape index (κ3) is 3.18. The van der Waals surface area contributed by atoms with Crippen LogP contribution in [0.4, 0.5) is 5.69 Å². The van der Waals surface area contributed by atoms with Gasteiger partial charge < -0.3 is 10.5 Å². The fourth-order valence-corrected chi connectivity index (χ4v) is 1.51. The molecule has 0 fully saturated rings. The molecule has 0 amide bonds. The summed E-state index contributed by atoms with van der Waals surface area (Å²) in [6.45, 7) is 4.89. The van der Waals surface area contributed by atoms with Crippen LogP contribution in [0.25, 0.3) is 0 Å². The summed E-state index contributed by atoms with van der Waals surface area (Å²) >= 11 is 0. The van der Waals surface area contributed by atoms with E-state index in [0.717, 1.165) is 5.56 Å². The molecule has 1 aromatic rings. The number of nitrogens with two attached hydrogens (primary N) is 1. The third-order valence-electron chi connectivity index (χ3n) is 2.37. The summed E-state index contributed by atoms with van der Waals surface area (Å²) in [5, 5.41) is 19.7. The summed E-state index contributed by atoms with van der Waals surface area (Å²) in [6.07, 6.45) is 0. The van der Waals surface area contributed by atoms with Gasteiger partial charge in [-0.05, 0) is 31.9 Å². The molecule has 1 rings (SSSR count). The SMILES string of the molecule is Cc1cc(C)c(OCC(C)(N)C#N)c([N+](=O)[O-])c1. The van der Waals surface area contributed by atoms with E-state index < -0.39 is 10.5 Å². The minimum atomic E-state index is -1.18. The second-order valence-electron chi connectivity index (χ2n) is 4.51. The van der Waals surface area contributed by atoms with Gasteiger partial charge in [-0.15, -0.1) is 0 Å². The number of benzene rings is 1. The van der Waals surface area contributed by atoms with Crippen LogP contribution in [0, 0.1) is 35.3 Å². The van der Waals surface area contributed by atoms with Crippen LogP contribution in [-0.2, 0) is 0 Å². The maximum absolute atomic E-state index is 10.9. The van der Waals surface area contributed by atoms with Gasteiger partial charge in [0.2, 0.25) is 0 Å². The van der Waals surface area contributed by atoms with Gasteiger partial charge in [-0.2, -0.15) is 5.26 Å². The summed E-state index contributed by atoms with van der Waals surface area (Å²) < 4.78 is 5.35. The molecular formula is C12H15N3O3. The highest BCUT2D eigenvalue weighted by Gasteiger charge is 2.23. The molecule has 0 radical (unpaired) electrons. The Morgan fingerprint density at radius 3 is 2.67 bits per heavy atom. The van der Waals surface area contributed by atoms with Crippen LogP contribution in [0.15, 0.2) is 12.1 Å². The minimum absolute atomic E-state index is 0.103. The van der Waals surface area contributed by atoms with Gasteiger partial charge in [-0.1, -0.05) is 6.07 Å². The number of hydrogen-bond donors (Lipinski definition) is 1. The Balaban J connectivity index is 3.09. The first-order chi connectivity index (χ1) is 8.26. The van der Waals surface area contributed by atoms with Crippen LogP contribution in [0.5, 0.6) is 5.75 Å². The van der Waals surface area contributed by atoms with Crippen LogP contribution in [0.3, 0.4) is 0 Å². The van der Waals surface area contributed by atoms with Crippen molar-refractivity contribution in [3.63, 3.8) is 0 Å². The molecule has 1 unspecified atom stereocenters. The number of ether oxygens (including phenoxy) is 1. The predicted octanol–water partition coefficient (Wildman–Crippen LogP) is 1.83. The van der Waals surface area contributed by atoms with Crippen molar-refractivity contribution < 1.29 is 9.66 Å². The summed E-state index contributed by atoms with van der Waals surface area (Å²) in [7, 11) is 0. The number of aryl methyl sites for hydroxylation is 2. The molecule has 96 valence electrons. The lowest BCUT2D eigenvalue weighted by Gasteiger charge is -2.17. The van der Waals surface area contributed by atoms with Crippen molar-refractivity contribution in [2.45, 2.75) is 26.3 Å². The molecule has 0 aliphatic rings. The number of nitriles is 1. The van der Waals surface area contributed by atoms with Crippen molar-refractivity contribution in [2.24, 2.45) is 5.73 Å². The first-order valence-corrected chi connectivity index (χ1v) is 5.35. The van der Waals surface area contributed by atoms with E-state index >= 15 is 0 Å². The molecule has 2 N–H and O–H groups in total. The van der Waals surface area contributed by atoms with Gasteiger partial charge in [0.1, 0.15) is 12.1 Å². The molecule has 0 saturated carbocycles. The van der Waals surface area contributed by atoms with Crippen molar-refractivity contribution in [1.29, 1.82) is 5.26 Å². The molecule has 18 heavy (non-hydrogen) atoms. The minimum Gasteiger partial charge on any atom is -0.484 e. The second kappa shape index (κ2) is 5.02. The molecular weight excluding hydrogens is 234 g/mol. The first kappa shape index (κ1) is 13.9. The maximum Gasteiger partial charge on any atom is 0.311 e. The van der Waals surface area contributed by atoms with Crippen molar-refractivity contribution in [2.75, 3.05) is 6.61 Å². The average molecular weight is 249 g/mol. The van der Waals surface area contributed by atoms with Gasteiger partial charge in [0.25, 0.3) is 0 Å². The fraction of sp³-hybridized carbons (Fsp3) is 0.417. The van der Waals surface area contributed by atoms with Gasteiger partial charge in [0.05, 0.1) is 11.0 Å². The van der Waals surface area contributed by atoms with Gasteiger partial charge in [0.15, 0.2) is 5.75 Å². The lowest BCUT2D eigenvalue weighted by molar-refractivity contribution is -0.386. The summed E-state index contributed by atoms with van der Waals surface area (Å²) in [6, 6.07) is 5.09. The molecule has 0 bridgehead atoms. The number of nitro benzene ring substituents is 1. The molecule has 0 aliphatic carbocycles. The first-order valence-electron chi connectivity index (χ1n) is 5.35. The molecule has 1 aromatic carbocycles. The Bertz CT molecular complexity index is 518. The molecule has 0 aromatic heterocycles. The zero-order valence-electron chi connectivity index (χ0n) is 10.6. The molecule has 0 aliphatic heterocycles. The van der Waals surface area contributed by atoms with Gasteiger partial charge in [0, 0.05) is 6.07 Å². The number of rotatable bonds is 4. The number of nitrogens with zero attached hydrogens (tertiary/aromatic N) is 2. The van der Waals surface area contributed by atoms with Gasteiger partial charge >= 0.3 is 5.69 Å². The van der Waals surface area contributed by atoms with Crippen molar-refractivity contribution >= 4 is 5.69 Å². The van der Waals surface area contributed by atoms with E-state index in [1.54, 1.807) is 19.9 Å². The summed E-state index contributed by atoms with van der Waals surface area (Å²) in [5.41, 5.74) is 5.76. The molecule has 6 nitrogen and oxygen atoms in total. The lowest BCUT2D eigenvalue weighted by Crippen LogP contribution is -2.40. The van der Waals surface area contributed by atoms with E-state index in [1.807, 2.05) is 6.07 Å². The second-order valence-corrected chi connectivity index (χ2v) is 4.51. The molecule has 6 heteroatoms. The maximum atomic E-state index is 10.9. The largest absolute Gasteiger partial charge is 0.484 e.